The largest absolute Gasteiger partial charge is 0.370 e. The topological polar surface area (TPSA) is 163 Å². The van der Waals surface area contributed by atoms with Crippen LogP contribution in [0, 0.1) is 11.6 Å². The fourth-order valence-electron chi connectivity index (χ4n) is 2.77. The molecule has 0 saturated heterocycles. The van der Waals surface area contributed by atoms with Crippen molar-refractivity contribution in [2.24, 2.45) is 15.7 Å². The van der Waals surface area contributed by atoms with Gasteiger partial charge in [-0.3, -0.25) is 25.8 Å². The van der Waals surface area contributed by atoms with Gasteiger partial charge in [0.05, 0.1) is 16.6 Å². The van der Waals surface area contributed by atoms with Crippen molar-refractivity contribution in [1.82, 2.24) is 21.1 Å². The second-order valence-corrected chi connectivity index (χ2v) is 7.89. The Morgan fingerprint density at radius 3 is 2.66 bits per heavy atom. The van der Waals surface area contributed by atoms with Crippen LogP contribution in [0.25, 0.3) is 0 Å². The third-order valence-electron chi connectivity index (χ3n) is 4.42. The molecule has 3 aromatic rings. The van der Waals surface area contributed by atoms with Gasteiger partial charge in [-0.15, -0.1) is 0 Å². The van der Waals surface area contributed by atoms with Crippen LogP contribution < -0.4 is 21.8 Å². The number of amides is 1. The van der Waals surface area contributed by atoms with Crippen molar-refractivity contribution >= 4 is 45.1 Å². The first kappa shape index (κ1) is 25.7. The van der Waals surface area contributed by atoms with E-state index in [1.54, 1.807) is 0 Å². The summed E-state index contributed by atoms with van der Waals surface area (Å²) < 4.78 is 31.3. The Morgan fingerprint density at radius 1 is 1.17 bits per heavy atom. The van der Waals surface area contributed by atoms with Crippen LogP contribution >= 0.6 is 15.9 Å². The highest BCUT2D eigenvalue weighted by Crippen LogP contribution is 2.23. The monoisotopic (exact) mass is 550 g/mol. The molecule has 35 heavy (non-hydrogen) atoms. The quantitative estimate of drug-likeness (QED) is 0.117. The molecule has 0 aliphatic rings. The van der Waals surface area contributed by atoms with E-state index in [0.717, 1.165) is 0 Å². The highest BCUT2D eigenvalue weighted by atomic mass is 79.9. The van der Waals surface area contributed by atoms with Crippen molar-refractivity contribution in [2.75, 3.05) is 18.4 Å². The van der Waals surface area contributed by atoms with Crippen molar-refractivity contribution < 1.29 is 23.4 Å². The molecule has 2 aromatic carbocycles. The summed E-state index contributed by atoms with van der Waals surface area (Å²) >= 11 is 3.07. The van der Waals surface area contributed by atoms with Crippen molar-refractivity contribution in [3.63, 3.8) is 0 Å². The molecule has 184 valence electrons. The smallest absolute Gasteiger partial charge is 0.231 e. The molecule has 1 amide bonds. The van der Waals surface area contributed by atoms with E-state index in [4.69, 9.17) is 10.4 Å². The zero-order valence-corrected chi connectivity index (χ0v) is 19.7. The van der Waals surface area contributed by atoms with E-state index < -0.39 is 5.82 Å². The van der Waals surface area contributed by atoms with E-state index in [1.807, 2.05) is 5.48 Å². The molecule has 0 saturated carbocycles. The predicted molar refractivity (Wildman–Crippen MR) is 127 cm³/mol. The van der Waals surface area contributed by atoms with Crippen LogP contribution in [0.3, 0.4) is 0 Å². The van der Waals surface area contributed by atoms with Crippen LogP contribution in [0.1, 0.15) is 17.7 Å². The predicted octanol–water partition coefficient (Wildman–Crippen LogP) is 2.64. The molecule has 0 aliphatic carbocycles. The number of hydroxylamine groups is 1. The number of rotatable bonds is 9. The van der Waals surface area contributed by atoms with E-state index in [0.29, 0.717) is 30.8 Å². The number of carbonyl (C=O) groups excluding carboxylic acids is 1. The Hall–Kier alpha value is -3.91. The zero-order chi connectivity index (χ0) is 25.2. The van der Waals surface area contributed by atoms with Crippen molar-refractivity contribution in [2.45, 2.75) is 12.8 Å². The number of aromatic nitrogens is 2. The number of carbonyl (C=O) groups is 1. The number of amidine groups is 1. The van der Waals surface area contributed by atoms with Crippen LogP contribution in [0.5, 0.6) is 0 Å². The molecule has 0 spiro atoms. The summed E-state index contributed by atoms with van der Waals surface area (Å²) in [5.74, 6) is -1.11. The van der Waals surface area contributed by atoms with Crippen LogP contribution in [0.2, 0.25) is 0 Å². The highest BCUT2D eigenvalue weighted by molar-refractivity contribution is 9.10. The average Bonchev–Trinajstić information content (AvgIpc) is 3.29. The number of guanidine groups is 1. The number of nitrogens with one attached hydrogen (secondary N) is 3. The molecule has 1 heterocycles. The lowest BCUT2D eigenvalue weighted by molar-refractivity contribution is -0.119. The SMILES string of the molecule is NC(=NCCCNc1nonc1C(=Nc1ccc(F)c(Br)c1)NO)NC(=O)Cc1ccc(F)cc1. The van der Waals surface area contributed by atoms with Crippen molar-refractivity contribution in [1.29, 1.82) is 0 Å². The minimum Gasteiger partial charge on any atom is -0.370 e. The maximum absolute atomic E-state index is 13.4. The summed E-state index contributed by atoms with van der Waals surface area (Å²) in [7, 11) is 0. The summed E-state index contributed by atoms with van der Waals surface area (Å²) in [6.45, 7) is 0.668. The summed E-state index contributed by atoms with van der Waals surface area (Å²) in [6, 6.07) is 9.64. The summed E-state index contributed by atoms with van der Waals surface area (Å²) in [5, 5.41) is 22.4. The molecular formula is C21H21BrF2N8O3. The van der Waals surface area contributed by atoms with E-state index in [2.05, 4.69) is 46.9 Å². The number of halogens is 3. The van der Waals surface area contributed by atoms with Crippen LogP contribution in [0.15, 0.2) is 61.6 Å². The first-order valence-electron chi connectivity index (χ1n) is 10.2. The van der Waals surface area contributed by atoms with Crippen LogP contribution in [-0.2, 0) is 11.2 Å². The number of nitrogens with zero attached hydrogens (tertiary/aromatic N) is 4. The number of benzene rings is 2. The van der Waals surface area contributed by atoms with E-state index in [-0.39, 0.29) is 45.9 Å². The van der Waals surface area contributed by atoms with Gasteiger partial charge in [0.15, 0.2) is 17.5 Å². The Morgan fingerprint density at radius 2 is 1.94 bits per heavy atom. The number of nitrogens with two attached hydrogens (primary N) is 1. The van der Waals surface area contributed by atoms with Gasteiger partial charge in [0.2, 0.25) is 11.7 Å². The van der Waals surface area contributed by atoms with Gasteiger partial charge in [0, 0.05) is 13.1 Å². The van der Waals surface area contributed by atoms with Gasteiger partial charge in [-0.05, 0) is 68.6 Å². The molecule has 14 heteroatoms. The summed E-state index contributed by atoms with van der Waals surface area (Å²) in [5.41, 5.74) is 8.74. The Labute approximate surface area is 206 Å². The third kappa shape index (κ3) is 7.82. The highest BCUT2D eigenvalue weighted by Gasteiger charge is 2.16. The molecule has 0 atom stereocenters. The minimum atomic E-state index is -0.455. The van der Waals surface area contributed by atoms with Crippen LogP contribution in [0.4, 0.5) is 20.3 Å². The molecule has 0 unspecified atom stereocenters. The normalized spacial score (nSPS) is 11.9. The molecule has 0 fully saturated rings. The van der Waals surface area contributed by atoms with E-state index in [9.17, 15) is 18.8 Å². The van der Waals surface area contributed by atoms with Crippen molar-refractivity contribution in [3.05, 3.63) is 69.8 Å². The Kier molecular flexibility index (Phi) is 9.20. The molecular weight excluding hydrogens is 530 g/mol. The zero-order valence-electron chi connectivity index (χ0n) is 18.1. The van der Waals surface area contributed by atoms with Gasteiger partial charge < -0.3 is 11.1 Å². The van der Waals surface area contributed by atoms with E-state index >= 15 is 0 Å². The lowest BCUT2D eigenvalue weighted by Gasteiger charge is -2.06. The molecule has 6 N–H and O–H groups in total. The second kappa shape index (κ2) is 12.5. The number of anilines is 1. The number of aliphatic imine (C=N–C) groups is 2. The maximum Gasteiger partial charge on any atom is 0.231 e. The molecule has 3 rings (SSSR count). The van der Waals surface area contributed by atoms with Gasteiger partial charge in [-0.25, -0.2) is 18.4 Å². The van der Waals surface area contributed by atoms with E-state index in [1.165, 1.54) is 42.5 Å². The molecule has 0 bridgehead atoms. The standard InChI is InChI=1S/C21H21BrF2N8O3/c22-15-11-14(6-7-16(15)24)28-20(30-34)18-19(32-35-31-18)26-8-1-9-27-21(25)29-17(33)10-12-2-4-13(23)5-3-12/h2-7,11,34H,1,8-10H2,(H,26,32)(H,28,30)(H3,25,27,29,33). The molecule has 11 nitrogen and oxygen atoms in total. The number of hydrogen-bond donors (Lipinski definition) is 5. The fourth-order valence-corrected chi connectivity index (χ4v) is 3.14. The minimum absolute atomic E-state index is 0.0368. The van der Waals surface area contributed by atoms with Gasteiger partial charge in [0.25, 0.3) is 0 Å². The van der Waals surface area contributed by atoms with Gasteiger partial charge in [0.1, 0.15) is 11.6 Å². The lowest BCUT2D eigenvalue weighted by Crippen LogP contribution is -2.37. The molecule has 1 aromatic heterocycles. The fraction of sp³-hybridized carbons (Fsp3) is 0.190. The van der Waals surface area contributed by atoms with Crippen LogP contribution in [-0.4, -0.2) is 46.3 Å². The Bertz CT molecular complexity index is 1220. The summed E-state index contributed by atoms with van der Waals surface area (Å²) in [4.78, 5) is 20.2. The van der Waals surface area contributed by atoms with Gasteiger partial charge in [-0.2, -0.15) is 0 Å². The summed E-state index contributed by atoms with van der Waals surface area (Å²) in [6.07, 6.45) is 0.544. The molecule has 0 aliphatic heterocycles. The lowest BCUT2D eigenvalue weighted by atomic mass is 10.1. The maximum atomic E-state index is 13.4. The van der Waals surface area contributed by atoms with Gasteiger partial charge >= 0.3 is 0 Å². The first-order valence-corrected chi connectivity index (χ1v) is 11.0. The average molecular weight is 551 g/mol. The Balaban J connectivity index is 1.48. The van der Waals surface area contributed by atoms with Gasteiger partial charge in [-0.1, -0.05) is 12.1 Å². The third-order valence-corrected chi connectivity index (χ3v) is 5.03. The van der Waals surface area contributed by atoms with Crippen molar-refractivity contribution in [3.8, 4) is 0 Å². The number of hydrogen-bond acceptors (Lipinski definition) is 8. The second-order valence-electron chi connectivity index (χ2n) is 7.03. The first-order chi connectivity index (χ1) is 16.9. The molecule has 0 radical (unpaired) electrons.